The summed E-state index contributed by atoms with van der Waals surface area (Å²) in [6.07, 6.45) is 14.4. The van der Waals surface area contributed by atoms with Crippen molar-refractivity contribution in [1.82, 2.24) is 0 Å². The fourth-order valence-electron chi connectivity index (χ4n) is 2.51. The quantitative estimate of drug-likeness (QED) is 0.670. The molecule has 0 bridgehead atoms. The molecule has 1 saturated heterocycles. The van der Waals surface area contributed by atoms with Gasteiger partial charge in [0.1, 0.15) is 0 Å². The Hall–Kier alpha value is -0.110. The molecule has 92 valence electrons. The molecule has 1 unspecified atom stereocenters. The Morgan fingerprint density at radius 3 is 2.75 bits per heavy atom. The van der Waals surface area contributed by atoms with Crippen molar-refractivity contribution in [3.05, 3.63) is 11.8 Å². The van der Waals surface area contributed by atoms with E-state index in [2.05, 4.69) is 18.0 Å². The van der Waals surface area contributed by atoms with Crippen LogP contribution in [0.2, 0.25) is 0 Å². The van der Waals surface area contributed by atoms with Crippen LogP contribution >= 0.6 is 11.8 Å². The molecule has 0 aromatic carbocycles. The van der Waals surface area contributed by atoms with E-state index in [9.17, 15) is 0 Å². The lowest BCUT2D eigenvalue weighted by Crippen LogP contribution is -2.12. The highest BCUT2D eigenvalue weighted by Crippen LogP contribution is 2.26. The summed E-state index contributed by atoms with van der Waals surface area (Å²) in [6, 6.07) is 0. The molecule has 0 aromatic rings. The summed E-state index contributed by atoms with van der Waals surface area (Å²) in [7, 11) is 0. The molecule has 16 heavy (non-hydrogen) atoms. The minimum Gasteiger partial charge on any atom is -0.500 e. The third-order valence-electron chi connectivity index (χ3n) is 3.55. The molecule has 2 aliphatic rings. The van der Waals surface area contributed by atoms with Gasteiger partial charge in [-0.25, -0.2) is 0 Å². The number of rotatable bonds is 3. The van der Waals surface area contributed by atoms with E-state index in [-0.39, 0.29) is 0 Å². The number of thioether (sulfide) groups is 1. The van der Waals surface area contributed by atoms with Gasteiger partial charge >= 0.3 is 0 Å². The third kappa shape index (κ3) is 4.40. The molecular weight excluding hydrogens is 216 g/mol. The van der Waals surface area contributed by atoms with Crippen molar-refractivity contribution in [3.63, 3.8) is 0 Å². The zero-order valence-corrected chi connectivity index (χ0v) is 11.1. The zero-order valence-electron chi connectivity index (χ0n) is 10.2. The van der Waals surface area contributed by atoms with E-state index in [1.807, 2.05) is 0 Å². The molecule has 0 aromatic heterocycles. The van der Waals surface area contributed by atoms with Crippen molar-refractivity contribution in [1.29, 1.82) is 0 Å². The summed E-state index contributed by atoms with van der Waals surface area (Å²) in [5.41, 5.74) is 1.54. The van der Waals surface area contributed by atoms with Crippen molar-refractivity contribution in [2.24, 2.45) is 0 Å². The highest BCUT2D eigenvalue weighted by atomic mass is 32.2. The zero-order chi connectivity index (χ0) is 11.1. The van der Waals surface area contributed by atoms with Gasteiger partial charge in [0.05, 0.1) is 12.9 Å². The smallest absolute Gasteiger partial charge is 0.0991 e. The van der Waals surface area contributed by atoms with Crippen LogP contribution in [0.5, 0.6) is 0 Å². The first-order chi connectivity index (χ1) is 7.95. The molecule has 1 saturated carbocycles. The van der Waals surface area contributed by atoms with Gasteiger partial charge in [0.25, 0.3) is 0 Å². The van der Waals surface area contributed by atoms with Crippen molar-refractivity contribution < 1.29 is 4.74 Å². The summed E-state index contributed by atoms with van der Waals surface area (Å²) in [6.45, 7) is 0.939. The maximum atomic E-state index is 5.77. The molecule has 1 aliphatic heterocycles. The standard InChI is InChI=1S/C14H24OS/c1-2-6-10-16-14(9-3-1)12-15-11-13-7-4-5-8-13/h11,14H,1-10,12H2. The maximum Gasteiger partial charge on any atom is 0.0991 e. The van der Waals surface area contributed by atoms with Gasteiger partial charge < -0.3 is 4.74 Å². The fourth-order valence-corrected chi connectivity index (χ4v) is 3.72. The van der Waals surface area contributed by atoms with Gasteiger partial charge in [0.2, 0.25) is 0 Å². The van der Waals surface area contributed by atoms with Gasteiger partial charge in [-0.1, -0.05) is 19.3 Å². The lowest BCUT2D eigenvalue weighted by Gasteiger charge is -2.18. The number of hydrogen-bond donors (Lipinski definition) is 0. The van der Waals surface area contributed by atoms with Crippen LogP contribution in [0.15, 0.2) is 11.8 Å². The molecular formula is C14H24OS. The topological polar surface area (TPSA) is 9.23 Å². The number of hydrogen-bond acceptors (Lipinski definition) is 2. The van der Waals surface area contributed by atoms with Crippen LogP contribution in [0.4, 0.5) is 0 Å². The normalized spacial score (nSPS) is 27.2. The molecule has 2 fully saturated rings. The average molecular weight is 240 g/mol. The molecule has 0 radical (unpaired) electrons. The Labute approximate surface area is 104 Å². The summed E-state index contributed by atoms with van der Waals surface area (Å²) < 4.78 is 5.77. The maximum absolute atomic E-state index is 5.77. The van der Waals surface area contributed by atoms with E-state index in [1.165, 1.54) is 69.1 Å². The number of allylic oxidation sites excluding steroid dienone is 1. The number of ether oxygens (including phenoxy) is 1. The Morgan fingerprint density at radius 2 is 1.88 bits per heavy atom. The van der Waals surface area contributed by atoms with Gasteiger partial charge in [-0.05, 0) is 49.9 Å². The Bertz CT molecular complexity index is 209. The van der Waals surface area contributed by atoms with E-state index < -0.39 is 0 Å². The second kappa shape index (κ2) is 7.26. The van der Waals surface area contributed by atoms with Crippen LogP contribution in [0.3, 0.4) is 0 Å². The van der Waals surface area contributed by atoms with E-state index in [0.717, 1.165) is 11.9 Å². The first kappa shape index (κ1) is 12.3. The Kier molecular flexibility index (Phi) is 5.60. The molecule has 0 spiro atoms. The van der Waals surface area contributed by atoms with Crippen molar-refractivity contribution in [3.8, 4) is 0 Å². The molecule has 1 heterocycles. The molecule has 2 heteroatoms. The lowest BCUT2D eigenvalue weighted by atomic mass is 10.1. The summed E-state index contributed by atoms with van der Waals surface area (Å²) in [5, 5.41) is 0.749. The average Bonchev–Trinajstić information content (AvgIpc) is 2.73. The van der Waals surface area contributed by atoms with E-state index in [4.69, 9.17) is 4.74 Å². The van der Waals surface area contributed by atoms with Crippen LogP contribution in [-0.2, 0) is 4.74 Å². The lowest BCUT2D eigenvalue weighted by molar-refractivity contribution is 0.241. The fraction of sp³-hybridized carbons (Fsp3) is 0.857. The van der Waals surface area contributed by atoms with Crippen molar-refractivity contribution in [2.45, 2.75) is 63.0 Å². The molecule has 0 amide bonds. The van der Waals surface area contributed by atoms with Crippen LogP contribution < -0.4 is 0 Å². The monoisotopic (exact) mass is 240 g/mol. The molecule has 1 atom stereocenters. The highest BCUT2D eigenvalue weighted by Gasteiger charge is 2.12. The summed E-state index contributed by atoms with van der Waals surface area (Å²) in [4.78, 5) is 0. The van der Waals surface area contributed by atoms with Gasteiger partial charge in [-0.3, -0.25) is 0 Å². The first-order valence-corrected chi connectivity index (χ1v) is 7.91. The second-order valence-corrected chi connectivity index (χ2v) is 6.42. The highest BCUT2D eigenvalue weighted by molar-refractivity contribution is 7.99. The van der Waals surface area contributed by atoms with E-state index in [0.29, 0.717) is 0 Å². The third-order valence-corrected chi connectivity index (χ3v) is 4.92. The summed E-state index contributed by atoms with van der Waals surface area (Å²) >= 11 is 2.13. The molecule has 0 N–H and O–H groups in total. The van der Waals surface area contributed by atoms with Crippen LogP contribution in [-0.4, -0.2) is 17.6 Å². The van der Waals surface area contributed by atoms with Crippen LogP contribution in [0.25, 0.3) is 0 Å². The minimum absolute atomic E-state index is 0.749. The molecule has 1 aliphatic carbocycles. The first-order valence-electron chi connectivity index (χ1n) is 6.86. The SMILES string of the molecule is C(OCC1CCCCCCS1)=C1CCCC1. The summed E-state index contributed by atoms with van der Waals surface area (Å²) in [5.74, 6) is 1.34. The largest absolute Gasteiger partial charge is 0.500 e. The van der Waals surface area contributed by atoms with Gasteiger partial charge in [-0.2, -0.15) is 11.8 Å². The Morgan fingerprint density at radius 1 is 1.06 bits per heavy atom. The van der Waals surface area contributed by atoms with E-state index in [1.54, 1.807) is 0 Å². The van der Waals surface area contributed by atoms with Crippen molar-refractivity contribution >= 4 is 11.8 Å². The van der Waals surface area contributed by atoms with E-state index >= 15 is 0 Å². The Balaban J connectivity index is 1.65. The van der Waals surface area contributed by atoms with Gasteiger partial charge in [0.15, 0.2) is 0 Å². The molecule has 2 rings (SSSR count). The van der Waals surface area contributed by atoms with Crippen LogP contribution in [0.1, 0.15) is 57.8 Å². The van der Waals surface area contributed by atoms with Gasteiger partial charge in [0, 0.05) is 5.25 Å². The van der Waals surface area contributed by atoms with Crippen molar-refractivity contribution in [2.75, 3.05) is 12.4 Å². The second-order valence-electron chi connectivity index (χ2n) is 5.01. The van der Waals surface area contributed by atoms with Gasteiger partial charge in [-0.15, -0.1) is 0 Å². The minimum atomic E-state index is 0.749. The molecule has 1 nitrogen and oxygen atoms in total. The predicted molar refractivity (Wildman–Crippen MR) is 71.8 cm³/mol. The predicted octanol–water partition coefficient (Wildman–Crippen LogP) is 4.53. The van der Waals surface area contributed by atoms with Crippen LogP contribution in [0, 0.1) is 0 Å².